The van der Waals surface area contributed by atoms with Gasteiger partial charge in [0.25, 0.3) is 0 Å². The highest BCUT2D eigenvalue weighted by molar-refractivity contribution is 5.85. The van der Waals surface area contributed by atoms with Crippen molar-refractivity contribution in [2.45, 2.75) is 6.42 Å². The predicted molar refractivity (Wildman–Crippen MR) is 54.2 cm³/mol. The first-order valence-corrected chi connectivity index (χ1v) is 4.12. The van der Waals surface area contributed by atoms with Crippen molar-refractivity contribution in [3.63, 3.8) is 0 Å². The van der Waals surface area contributed by atoms with Crippen molar-refractivity contribution >= 4 is 22.7 Å². The highest BCUT2D eigenvalue weighted by Gasteiger charge is 2.08. The van der Waals surface area contributed by atoms with Gasteiger partial charge in [-0.1, -0.05) is 0 Å². The van der Waals surface area contributed by atoms with Crippen molar-refractivity contribution in [1.29, 1.82) is 5.26 Å². The topological polar surface area (TPSA) is 105 Å². The Hall–Kier alpha value is -2.22. The molecule has 0 radical (unpaired) electrons. The molecule has 1 heterocycles. The Balaban J connectivity index is 2.76. The number of nitrogens with two attached hydrogens (primary N) is 2. The Morgan fingerprint density at radius 1 is 1.43 bits per heavy atom. The number of nitriles is 1. The summed E-state index contributed by atoms with van der Waals surface area (Å²) in [7, 11) is 0. The summed E-state index contributed by atoms with van der Waals surface area (Å²) in [5.74, 6) is 0.338. The fourth-order valence-corrected chi connectivity index (χ4v) is 1.43. The molecular weight excluding hydrogens is 178 g/mol. The van der Waals surface area contributed by atoms with Crippen LogP contribution >= 0.6 is 0 Å². The number of rotatable bonds is 1. The Bertz CT molecular complexity index is 520. The van der Waals surface area contributed by atoms with Crippen molar-refractivity contribution < 1.29 is 0 Å². The molecule has 1 aromatic heterocycles. The predicted octanol–water partition coefficient (Wildman–Crippen LogP) is 0.793. The van der Waals surface area contributed by atoms with Crippen LogP contribution in [0.15, 0.2) is 12.1 Å². The molecule has 5 nitrogen and oxygen atoms in total. The molecule has 5 N–H and O–H groups in total. The van der Waals surface area contributed by atoms with Gasteiger partial charge in [0.1, 0.15) is 0 Å². The Morgan fingerprint density at radius 2 is 2.21 bits per heavy atom. The first-order chi connectivity index (χ1) is 6.72. The lowest BCUT2D eigenvalue weighted by Gasteiger charge is -2.00. The molecule has 0 atom stereocenters. The maximum absolute atomic E-state index is 8.64. The molecule has 0 bridgehead atoms. The zero-order valence-electron chi connectivity index (χ0n) is 7.41. The summed E-state index contributed by atoms with van der Waals surface area (Å²) in [6, 6.07) is 5.59. The van der Waals surface area contributed by atoms with Gasteiger partial charge in [-0.05, 0) is 12.1 Å². The van der Waals surface area contributed by atoms with Crippen LogP contribution in [0.2, 0.25) is 0 Å². The Morgan fingerprint density at radius 3 is 2.93 bits per heavy atom. The first-order valence-electron chi connectivity index (χ1n) is 4.12. The molecule has 0 amide bonds. The summed E-state index contributed by atoms with van der Waals surface area (Å²) >= 11 is 0. The van der Waals surface area contributed by atoms with Crippen molar-refractivity contribution in [2.75, 3.05) is 11.5 Å². The summed E-state index contributed by atoms with van der Waals surface area (Å²) in [6.45, 7) is 0. The number of hydrogen-bond acceptors (Lipinski definition) is 4. The quantitative estimate of drug-likeness (QED) is 0.574. The van der Waals surface area contributed by atoms with E-state index < -0.39 is 0 Å². The lowest BCUT2D eigenvalue weighted by molar-refractivity contribution is 1.27. The Labute approximate surface area is 80.3 Å². The number of H-pyrrole nitrogens is 1. The normalized spacial score (nSPS) is 10.2. The molecule has 70 valence electrons. The first kappa shape index (κ1) is 8.38. The number of hydrogen-bond donors (Lipinski definition) is 3. The number of fused-ring (bicyclic) bond motifs is 1. The van der Waals surface area contributed by atoms with E-state index in [1.807, 2.05) is 0 Å². The van der Waals surface area contributed by atoms with Crippen LogP contribution in [0.3, 0.4) is 0 Å². The lowest BCUT2D eigenvalue weighted by Crippen LogP contribution is -1.94. The number of aromatic amines is 1. The molecule has 0 aliphatic rings. The molecular formula is C9H9N5. The third-order valence-corrected chi connectivity index (χ3v) is 2.07. The van der Waals surface area contributed by atoms with E-state index in [1.165, 1.54) is 0 Å². The van der Waals surface area contributed by atoms with Crippen molar-refractivity contribution in [3.8, 4) is 6.07 Å². The number of aromatic nitrogens is 2. The maximum Gasteiger partial charge on any atom is 0.198 e. The molecule has 0 aliphatic heterocycles. The van der Waals surface area contributed by atoms with Gasteiger partial charge in [0.05, 0.1) is 23.5 Å². The second-order valence-corrected chi connectivity index (χ2v) is 2.99. The van der Waals surface area contributed by atoms with Gasteiger partial charge in [-0.15, -0.1) is 0 Å². The van der Waals surface area contributed by atoms with Crippen LogP contribution in [-0.2, 0) is 6.42 Å². The summed E-state index contributed by atoms with van der Waals surface area (Å²) in [5, 5.41) is 8.64. The van der Waals surface area contributed by atoms with Gasteiger partial charge in [0.2, 0.25) is 0 Å². The standard InChI is InChI=1S/C9H9N5/c10-4-3-5-6(11)1-2-7-8(5)14-9(12)13-7/h1-2H,3,11H2,(H3,12,13,14). The number of anilines is 2. The zero-order valence-corrected chi connectivity index (χ0v) is 7.41. The van der Waals surface area contributed by atoms with Crippen LogP contribution in [0.4, 0.5) is 11.6 Å². The molecule has 0 fully saturated rings. The van der Waals surface area contributed by atoms with Gasteiger partial charge in [-0.25, -0.2) is 4.98 Å². The molecule has 1 aromatic carbocycles. The monoisotopic (exact) mass is 187 g/mol. The van der Waals surface area contributed by atoms with Crippen molar-refractivity contribution in [3.05, 3.63) is 17.7 Å². The summed E-state index contributed by atoms with van der Waals surface area (Å²) < 4.78 is 0. The van der Waals surface area contributed by atoms with E-state index in [-0.39, 0.29) is 6.42 Å². The fourth-order valence-electron chi connectivity index (χ4n) is 1.43. The molecule has 5 heteroatoms. The van der Waals surface area contributed by atoms with Crippen LogP contribution < -0.4 is 11.5 Å². The van der Waals surface area contributed by atoms with Crippen LogP contribution in [0.1, 0.15) is 5.56 Å². The minimum atomic E-state index is 0.244. The minimum absolute atomic E-state index is 0.244. The van der Waals surface area contributed by atoms with E-state index >= 15 is 0 Å². The molecule has 0 aliphatic carbocycles. The molecule has 0 spiro atoms. The maximum atomic E-state index is 8.64. The van der Waals surface area contributed by atoms with E-state index in [0.717, 1.165) is 11.1 Å². The van der Waals surface area contributed by atoms with Gasteiger partial charge in [-0.2, -0.15) is 5.26 Å². The lowest BCUT2D eigenvalue weighted by atomic mass is 10.1. The number of benzene rings is 1. The van der Waals surface area contributed by atoms with E-state index in [0.29, 0.717) is 17.2 Å². The molecule has 0 unspecified atom stereocenters. The van der Waals surface area contributed by atoms with Gasteiger partial charge >= 0.3 is 0 Å². The molecule has 0 saturated heterocycles. The summed E-state index contributed by atoms with van der Waals surface area (Å²) in [4.78, 5) is 6.97. The van der Waals surface area contributed by atoms with Crippen LogP contribution in [-0.4, -0.2) is 9.97 Å². The third-order valence-electron chi connectivity index (χ3n) is 2.07. The van der Waals surface area contributed by atoms with Gasteiger partial charge in [0, 0.05) is 11.3 Å². The molecule has 14 heavy (non-hydrogen) atoms. The molecule has 0 saturated carbocycles. The average molecular weight is 187 g/mol. The number of nitrogen functional groups attached to an aromatic ring is 2. The third kappa shape index (κ3) is 1.13. The van der Waals surface area contributed by atoms with E-state index in [2.05, 4.69) is 16.0 Å². The SMILES string of the molecule is N#CCc1c(N)ccc2[nH]c(N)nc12. The minimum Gasteiger partial charge on any atom is -0.398 e. The number of imidazole rings is 1. The van der Waals surface area contributed by atoms with Gasteiger partial charge in [0.15, 0.2) is 5.95 Å². The van der Waals surface area contributed by atoms with Gasteiger partial charge in [-0.3, -0.25) is 0 Å². The van der Waals surface area contributed by atoms with E-state index in [9.17, 15) is 0 Å². The molecule has 2 rings (SSSR count). The average Bonchev–Trinajstić information content (AvgIpc) is 2.51. The second-order valence-electron chi connectivity index (χ2n) is 2.99. The Kier molecular flexibility index (Phi) is 1.75. The van der Waals surface area contributed by atoms with Crippen LogP contribution in [0.5, 0.6) is 0 Å². The van der Waals surface area contributed by atoms with E-state index in [1.54, 1.807) is 12.1 Å². The molecule has 2 aromatic rings. The summed E-state index contributed by atoms with van der Waals surface area (Å²) in [6.07, 6.45) is 0.244. The van der Waals surface area contributed by atoms with E-state index in [4.69, 9.17) is 16.7 Å². The second kappa shape index (κ2) is 2.92. The highest BCUT2D eigenvalue weighted by Crippen LogP contribution is 2.23. The fraction of sp³-hybridized carbons (Fsp3) is 0.111. The highest BCUT2D eigenvalue weighted by atomic mass is 15.0. The smallest absolute Gasteiger partial charge is 0.198 e. The van der Waals surface area contributed by atoms with Gasteiger partial charge < -0.3 is 16.5 Å². The van der Waals surface area contributed by atoms with Crippen LogP contribution in [0, 0.1) is 11.3 Å². The van der Waals surface area contributed by atoms with Crippen molar-refractivity contribution in [1.82, 2.24) is 9.97 Å². The number of nitrogens with zero attached hydrogens (tertiary/aromatic N) is 2. The van der Waals surface area contributed by atoms with Crippen LogP contribution in [0.25, 0.3) is 11.0 Å². The zero-order chi connectivity index (χ0) is 10.1. The summed E-state index contributed by atoms with van der Waals surface area (Å²) in [5.41, 5.74) is 14.1. The number of nitrogens with one attached hydrogen (secondary N) is 1. The van der Waals surface area contributed by atoms with Crippen molar-refractivity contribution in [2.24, 2.45) is 0 Å². The largest absolute Gasteiger partial charge is 0.398 e.